The van der Waals surface area contributed by atoms with Crippen LogP contribution in [0.4, 0.5) is 0 Å². The van der Waals surface area contributed by atoms with Gasteiger partial charge in [-0.3, -0.25) is 4.98 Å². The molecule has 1 unspecified atom stereocenters. The molecule has 0 radical (unpaired) electrons. The van der Waals surface area contributed by atoms with Crippen LogP contribution in [0.25, 0.3) is 0 Å². The van der Waals surface area contributed by atoms with Gasteiger partial charge in [0.1, 0.15) is 0 Å². The number of rotatable bonds is 0. The van der Waals surface area contributed by atoms with Gasteiger partial charge in [0.2, 0.25) is 0 Å². The summed E-state index contributed by atoms with van der Waals surface area (Å²) in [5.41, 5.74) is 6.52. The van der Waals surface area contributed by atoms with E-state index >= 15 is 0 Å². The first-order valence-corrected chi connectivity index (χ1v) is 4.45. The summed E-state index contributed by atoms with van der Waals surface area (Å²) in [5.74, 6) is 0. The highest BCUT2D eigenvalue weighted by molar-refractivity contribution is 5.33. The topological polar surface area (TPSA) is 38.9 Å². The Morgan fingerprint density at radius 1 is 1.14 bits per heavy atom. The number of aromatic nitrogens is 1. The highest BCUT2D eigenvalue weighted by atomic mass is 14.6. The van der Waals surface area contributed by atoms with Crippen molar-refractivity contribution < 1.29 is 0 Å². The average Bonchev–Trinajstić information content (AvgIpc) is 2.26. The number of hydrogen-bond donors (Lipinski definition) is 1. The third kappa shape index (κ3) is 3.83. The molecule has 72 valence electrons. The van der Waals surface area contributed by atoms with Crippen molar-refractivity contribution in [1.82, 2.24) is 4.98 Å². The maximum atomic E-state index is 5.54. The van der Waals surface area contributed by atoms with Crippen LogP contribution in [-0.2, 0) is 0 Å². The Hall–Kier alpha value is -1.67. The number of nitrogens with two attached hydrogens (primary N) is 1. The highest BCUT2D eigenvalue weighted by Crippen LogP contribution is 2.04. The van der Waals surface area contributed by atoms with E-state index in [4.69, 9.17) is 5.73 Å². The van der Waals surface area contributed by atoms with Gasteiger partial charge in [-0.15, -0.1) is 0 Å². The zero-order chi connectivity index (χ0) is 10.2. The van der Waals surface area contributed by atoms with Crippen molar-refractivity contribution in [3.8, 4) is 0 Å². The molecule has 2 nitrogen and oxygen atoms in total. The Morgan fingerprint density at radius 3 is 2.14 bits per heavy atom. The summed E-state index contributed by atoms with van der Waals surface area (Å²) >= 11 is 0. The molecule has 0 spiro atoms. The van der Waals surface area contributed by atoms with Gasteiger partial charge in [-0.05, 0) is 17.7 Å². The third-order valence-corrected chi connectivity index (χ3v) is 1.73. The van der Waals surface area contributed by atoms with Crippen molar-refractivity contribution in [2.24, 2.45) is 5.73 Å². The second-order valence-corrected chi connectivity index (χ2v) is 2.87. The van der Waals surface area contributed by atoms with Gasteiger partial charge in [-0.2, -0.15) is 0 Å². The minimum absolute atomic E-state index is 0.0417. The maximum Gasteiger partial charge on any atom is 0.0478 e. The van der Waals surface area contributed by atoms with Gasteiger partial charge in [0.05, 0.1) is 0 Å². The molecule has 0 aliphatic heterocycles. The van der Waals surface area contributed by atoms with Crippen molar-refractivity contribution >= 4 is 0 Å². The largest absolute Gasteiger partial charge is 0.321 e. The van der Waals surface area contributed by atoms with Crippen molar-refractivity contribution in [2.75, 3.05) is 0 Å². The van der Waals surface area contributed by atoms with Crippen molar-refractivity contribution in [2.45, 2.75) is 6.04 Å². The van der Waals surface area contributed by atoms with Gasteiger partial charge >= 0.3 is 0 Å². The number of hydrogen-bond acceptors (Lipinski definition) is 2. The summed E-state index contributed by atoms with van der Waals surface area (Å²) in [4.78, 5) is 3.78. The molecule has 1 aromatic heterocycles. The minimum Gasteiger partial charge on any atom is -0.321 e. The lowest BCUT2D eigenvalue weighted by Crippen LogP contribution is -2.18. The number of allylic oxidation sites excluding steroid dienone is 2. The van der Waals surface area contributed by atoms with E-state index in [0.29, 0.717) is 0 Å². The van der Waals surface area contributed by atoms with Crippen molar-refractivity contribution in [3.63, 3.8) is 0 Å². The monoisotopic (exact) mass is 186 g/mol. The summed E-state index contributed by atoms with van der Waals surface area (Å²) < 4.78 is 0. The molecule has 1 atom stereocenters. The van der Waals surface area contributed by atoms with Gasteiger partial charge in [-0.25, -0.2) is 0 Å². The van der Waals surface area contributed by atoms with Gasteiger partial charge in [0, 0.05) is 18.4 Å². The zero-order valence-electron chi connectivity index (χ0n) is 8.01. The van der Waals surface area contributed by atoms with Crippen LogP contribution in [0.2, 0.25) is 0 Å². The standard InChI is InChI=1S/C7H9N.C5H5N/c1-6-4-2-3-5-7(6)8;1-2-4-6-5-3-1/h2-5,7H,1,8H2;1-5H. The first-order chi connectivity index (χ1) is 6.80. The summed E-state index contributed by atoms with van der Waals surface area (Å²) in [7, 11) is 0. The quantitative estimate of drug-likeness (QED) is 0.673. The zero-order valence-corrected chi connectivity index (χ0v) is 8.01. The van der Waals surface area contributed by atoms with E-state index in [9.17, 15) is 0 Å². The summed E-state index contributed by atoms with van der Waals surface area (Å²) in [6, 6.07) is 5.76. The first-order valence-electron chi connectivity index (χ1n) is 4.45. The molecule has 0 fully saturated rings. The first kappa shape index (κ1) is 10.4. The van der Waals surface area contributed by atoms with Crippen LogP contribution >= 0.6 is 0 Å². The van der Waals surface area contributed by atoms with E-state index in [1.807, 2.05) is 42.5 Å². The van der Waals surface area contributed by atoms with Crippen LogP contribution < -0.4 is 5.73 Å². The van der Waals surface area contributed by atoms with E-state index in [2.05, 4.69) is 11.6 Å². The predicted molar refractivity (Wildman–Crippen MR) is 59.6 cm³/mol. The normalized spacial score (nSPS) is 18.6. The molecule has 0 saturated carbocycles. The van der Waals surface area contributed by atoms with E-state index in [1.54, 1.807) is 12.4 Å². The Morgan fingerprint density at radius 2 is 1.86 bits per heavy atom. The Kier molecular flexibility index (Phi) is 4.38. The van der Waals surface area contributed by atoms with Gasteiger partial charge < -0.3 is 5.73 Å². The Bertz CT molecular complexity index is 299. The average molecular weight is 186 g/mol. The molecule has 1 aromatic rings. The van der Waals surface area contributed by atoms with E-state index in [-0.39, 0.29) is 6.04 Å². The second-order valence-electron chi connectivity index (χ2n) is 2.87. The van der Waals surface area contributed by atoms with Gasteiger partial charge in [0.25, 0.3) is 0 Å². The van der Waals surface area contributed by atoms with Crippen LogP contribution in [0, 0.1) is 0 Å². The Labute approximate surface area is 84.5 Å². The summed E-state index contributed by atoms with van der Waals surface area (Å²) in [6.45, 7) is 3.73. The molecule has 0 aromatic carbocycles. The van der Waals surface area contributed by atoms with E-state index < -0.39 is 0 Å². The number of nitrogens with zero attached hydrogens (tertiary/aromatic N) is 1. The fraction of sp³-hybridized carbons (Fsp3) is 0.0833. The van der Waals surface area contributed by atoms with Gasteiger partial charge in [0.15, 0.2) is 0 Å². The molecule has 2 rings (SSSR count). The van der Waals surface area contributed by atoms with Crippen LogP contribution in [0.15, 0.2) is 67.0 Å². The molecule has 1 aliphatic rings. The van der Waals surface area contributed by atoms with Crippen LogP contribution in [0.1, 0.15) is 0 Å². The molecule has 2 N–H and O–H groups in total. The molecule has 14 heavy (non-hydrogen) atoms. The van der Waals surface area contributed by atoms with Crippen LogP contribution in [-0.4, -0.2) is 11.0 Å². The maximum absolute atomic E-state index is 5.54. The Balaban J connectivity index is 0.000000146. The lowest BCUT2D eigenvalue weighted by Gasteiger charge is -2.07. The molecule has 1 aliphatic carbocycles. The molecular formula is C12H14N2. The number of pyridine rings is 1. The van der Waals surface area contributed by atoms with Crippen molar-refractivity contribution in [1.29, 1.82) is 0 Å². The summed E-state index contributed by atoms with van der Waals surface area (Å²) in [6.07, 6.45) is 11.2. The van der Waals surface area contributed by atoms with E-state index in [0.717, 1.165) is 5.57 Å². The molecule has 0 saturated heterocycles. The van der Waals surface area contributed by atoms with E-state index in [1.165, 1.54) is 0 Å². The molecule has 0 bridgehead atoms. The molecule has 1 heterocycles. The lowest BCUT2D eigenvalue weighted by atomic mass is 10.1. The van der Waals surface area contributed by atoms with Crippen LogP contribution in [0.3, 0.4) is 0 Å². The fourth-order valence-corrected chi connectivity index (χ4v) is 0.910. The highest BCUT2D eigenvalue weighted by Gasteiger charge is 1.99. The third-order valence-electron chi connectivity index (χ3n) is 1.73. The molecule has 2 heteroatoms. The van der Waals surface area contributed by atoms with Gasteiger partial charge in [-0.1, -0.05) is 36.9 Å². The fourth-order valence-electron chi connectivity index (χ4n) is 0.910. The summed E-state index contributed by atoms with van der Waals surface area (Å²) in [5, 5.41) is 0. The van der Waals surface area contributed by atoms with Crippen molar-refractivity contribution in [3.05, 3.63) is 67.0 Å². The smallest absolute Gasteiger partial charge is 0.0478 e. The minimum atomic E-state index is 0.0417. The second kappa shape index (κ2) is 5.89. The SMILES string of the molecule is C=C1C=CC=CC1N.c1ccncc1. The van der Waals surface area contributed by atoms with Crippen LogP contribution in [0.5, 0.6) is 0 Å². The lowest BCUT2D eigenvalue weighted by molar-refractivity contribution is 0.977. The predicted octanol–water partition coefficient (Wildman–Crippen LogP) is 2.08. The molecule has 0 amide bonds. The molecular weight excluding hydrogens is 172 g/mol.